The monoisotopic (exact) mass is 251 g/mol. The average molecular weight is 251 g/mol. The van der Waals surface area contributed by atoms with Crippen LogP contribution in [-0.4, -0.2) is 28.6 Å². The van der Waals surface area contributed by atoms with Crippen molar-refractivity contribution >= 4 is 23.4 Å². The van der Waals surface area contributed by atoms with Gasteiger partial charge in [-0.1, -0.05) is 18.6 Å². The van der Waals surface area contributed by atoms with E-state index in [9.17, 15) is 4.79 Å². The van der Waals surface area contributed by atoms with E-state index in [4.69, 9.17) is 5.11 Å². The zero-order chi connectivity index (χ0) is 12.3. The summed E-state index contributed by atoms with van der Waals surface area (Å²) in [5.74, 6) is -0.869. The zero-order valence-corrected chi connectivity index (χ0v) is 10.7. The predicted octanol–water partition coefficient (Wildman–Crippen LogP) is 3.08. The van der Waals surface area contributed by atoms with Crippen molar-refractivity contribution in [1.82, 2.24) is 0 Å². The standard InChI is InChI=1S/C13H17NO2S/c1-17-12-8-4-7-11(12)14-10-6-3-2-5-9(10)13(15)16/h2-3,5-6,11-12,14H,4,7-8H2,1H3,(H,15,16). The first kappa shape index (κ1) is 12.3. The van der Waals surface area contributed by atoms with Crippen molar-refractivity contribution in [2.75, 3.05) is 11.6 Å². The maximum atomic E-state index is 11.1. The highest BCUT2D eigenvalue weighted by atomic mass is 32.2. The van der Waals surface area contributed by atoms with E-state index >= 15 is 0 Å². The van der Waals surface area contributed by atoms with Gasteiger partial charge in [0.25, 0.3) is 0 Å². The molecule has 2 unspecified atom stereocenters. The molecule has 17 heavy (non-hydrogen) atoms. The van der Waals surface area contributed by atoms with Crippen molar-refractivity contribution in [3.63, 3.8) is 0 Å². The third-order valence-electron chi connectivity index (χ3n) is 3.25. The maximum absolute atomic E-state index is 11.1. The third-order valence-corrected chi connectivity index (χ3v) is 4.42. The Morgan fingerprint density at radius 2 is 2.18 bits per heavy atom. The molecule has 0 bridgehead atoms. The van der Waals surface area contributed by atoms with Gasteiger partial charge in [-0.15, -0.1) is 0 Å². The first-order valence-corrected chi connectivity index (χ1v) is 7.13. The van der Waals surface area contributed by atoms with E-state index in [2.05, 4.69) is 11.6 Å². The smallest absolute Gasteiger partial charge is 0.337 e. The Balaban J connectivity index is 2.15. The molecule has 2 N–H and O–H groups in total. The zero-order valence-electron chi connectivity index (χ0n) is 9.85. The molecule has 1 aliphatic carbocycles. The van der Waals surface area contributed by atoms with Crippen LogP contribution in [-0.2, 0) is 0 Å². The molecule has 2 atom stereocenters. The molecule has 0 spiro atoms. The van der Waals surface area contributed by atoms with Gasteiger partial charge in [0, 0.05) is 17.0 Å². The lowest BCUT2D eigenvalue weighted by Crippen LogP contribution is -2.26. The molecule has 0 aromatic heterocycles. The van der Waals surface area contributed by atoms with Crippen molar-refractivity contribution in [3.8, 4) is 0 Å². The lowest BCUT2D eigenvalue weighted by Gasteiger charge is -2.21. The van der Waals surface area contributed by atoms with E-state index in [1.54, 1.807) is 12.1 Å². The molecule has 0 saturated heterocycles. The van der Waals surface area contributed by atoms with Gasteiger partial charge in [-0.05, 0) is 31.2 Å². The molecule has 1 aromatic rings. The Bertz CT molecular complexity index is 408. The van der Waals surface area contributed by atoms with Gasteiger partial charge in [0.1, 0.15) is 0 Å². The summed E-state index contributed by atoms with van der Waals surface area (Å²) in [5.41, 5.74) is 1.10. The maximum Gasteiger partial charge on any atom is 0.337 e. The van der Waals surface area contributed by atoms with Crippen LogP contribution in [0.5, 0.6) is 0 Å². The molecular formula is C13H17NO2S. The summed E-state index contributed by atoms with van der Waals surface area (Å²) in [6.07, 6.45) is 5.68. The van der Waals surface area contributed by atoms with Crippen LogP contribution in [0.3, 0.4) is 0 Å². The molecule has 4 heteroatoms. The molecule has 0 heterocycles. The third kappa shape index (κ3) is 2.75. The van der Waals surface area contributed by atoms with Gasteiger partial charge in [-0.2, -0.15) is 11.8 Å². The number of hydrogen-bond donors (Lipinski definition) is 2. The summed E-state index contributed by atoms with van der Waals surface area (Å²) >= 11 is 1.86. The fraction of sp³-hybridized carbons (Fsp3) is 0.462. The predicted molar refractivity (Wildman–Crippen MR) is 72.0 cm³/mol. The number of carbonyl (C=O) groups is 1. The molecule has 0 radical (unpaired) electrons. The first-order chi connectivity index (χ1) is 8.22. The van der Waals surface area contributed by atoms with Crippen LogP contribution in [0.1, 0.15) is 29.6 Å². The summed E-state index contributed by atoms with van der Waals surface area (Å²) < 4.78 is 0. The van der Waals surface area contributed by atoms with E-state index in [0.29, 0.717) is 16.9 Å². The Morgan fingerprint density at radius 3 is 2.88 bits per heavy atom. The van der Waals surface area contributed by atoms with Crippen molar-refractivity contribution in [2.24, 2.45) is 0 Å². The lowest BCUT2D eigenvalue weighted by molar-refractivity contribution is 0.0698. The van der Waals surface area contributed by atoms with E-state index < -0.39 is 5.97 Å². The van der Waals surface area contributed by atoms with Crippen LogP contribution in [0.25, 0.3) is 0 Å². The minimum atomic E-state index is -0.869. The van der Waals surface area contributed by atoms with Gasteiger partial charge in [-0.3, -0.25) is 0 Å². The Kier molecular flexibility index (Phi) is 3.94. The van der Waals surface area contributed by atoms with Crippen molar-refractivity contribution < 1.29 is 9.90 Å². The normalized spacial score (nSPS) is 23.6. The molecule has 3 nitrogen and oxygen atoms in total. The van der Waals surface area contributed by atoms with Crippen LogP contribution in [0.2, 0.25) is 0 Å². The molecule has 1 aliphatic rings. The number of para-hydroxylation sites is 1. The largest absolute Gasteiger partial charge is 0.478 e. The number of aromatic carboxylic acids is 1. The van der Waals surface area contributed by atoms with Gasteiger partial charge in [0.15, 0.2) is 0 Å². The number of nitrogens with one attached hydrogen (secondary N) is 1. The summed E-state index contributed by atoms with van der Waals surface area (Å²) in [4.78, 5) is 11.1. The molecule has 0 amide bonds. The Labute approximate surface area is 106 Å². The number of thioether (sulfide) groups is 1. The van der Waals surface area contributed by atoms with Gasteiger partial charge < -0.3 is 10.4 Å². The second-order valence-electron chi connectivity index (χ2n) is 4.31. The van der Waals surface area contributed by atoms with Crippen LogP contribution < -0.4 is 5.32 Å². The van der Waals surface area contributed by atoms with Gasteiger partial charge >= 0.3 is 5.97 Å². The lowest BCUT2D eigenvalue weighted by atomic mass is 10.1. The molecule has 1 aromatic carbocycles. The van der Waals surface area contributed by atoms with E-state index in [-0.39, 0.29) is 0 Å². The fourth-order valence-corrected chi connectivity index (χ4v) is 3.30. The molecule has 1 fully saturated rings. The highest BCUT2D eigenvalue weighted by Crippen LogP contribution is 2.31. The van der Waals surface area contributed by atoms with Crippen LogP contribution >= 0.6 is 11.8 Å². The number of benzene rings is 1. The minimum Gasteiger partial charge on any atom is -0.478 e. The summed E-state index contributed by atoms with van der Waals surface area (Å²) in [6, 6.07) is 7.52. The topological polar surface area (TPSA) is 49.3 Å². The summed E-state index contributed by atoms with van der Waals surface area (Å²) in [7, 11) is 0. The van der Waals surface area contributed by atoms with Gasteiger partial charge in [-0.25, -0.2) is 4.79 Å². The van der Waals surface area contributed by atoms with Gasteiger partial charge in [0.05, 0.1) is 5.56 Å². The summed E-state index contributed by atoms with van der Waals surface area (Å²) in [5, 5.41) is 13.1. The van der Waals surface area contributed by atoms with Crippen LogP contribution in [0.15, 0.2) is 24.3 Å². The first-order valence-electron chi connectivity index (χ1n) is 5.84. The quantitative estimate of drug-likeness (QED) is 0.863. The second kappa shape index (κ2) is 5.45. The van der Waals surface area contributed by atoms with Gasteiger partial charge in [0.2, 0.25) is 0 Å². The highest BCUT2D eigenvalue weighted by molar-refractivity contribution is 7.99. The summed E-state index contributed by atoms with van der Waals surface area (Å²) in [6.45, 7) is 0. The van der Waals surface area contributed by atoms with E-state index in [1.165, 1.54) is 12.8 Å². The molecule has 2 rings (SSSR count). The van der Waals surface area contributed by atoms with Crippen LogP contribution in [0.4, 0.5) is 5.69 Å². The molecule has 0 aliphatic heterocycles. The van der Waals surface area contributed by atoms with Crippen molar-refractivity contribution in [1.29, 1.82) is 0 Å². The average Bonchev–Trinajstić information content (AvgIpc) is 2.77. The Hall–Kier alpha value is -1.16. The van der Waals surface area contributed by atoms with Crippen molar-refractivity contribution in [3.05, 3.63) is 29.8 Å². The van der Waals surface area contributed by atoms with E-state index in [0.717, 1.165) is 12.1 Å². The SMILES string of the molecule is CSC1CCCC1Nc1ccccc1C(=O)O. The number of carboxylic acids is 1. The number of anilines is 1. The minimum absolute atomic E-state index is 0.360. The van der Waals surface area contributed by atoms with Crippen LogP contribution in [0, 0.1) is 0 Å². The highest BCUT2D eigenvalue weighted by Gasteiger charge is 2.27. The van der Waals surface area contributed by atoms with Crippen molar-refractivity contribution in [2.45, 2.75) is 30.6 Å². The van der Waals surface area contributed by atoms with E-state index in [1.807, 2.05) is 23.9 Å². The second-order valence-corrected chi connectivity index (χ2v) is 5.38. The Morgan fingerprint density at radius 1 is 1.41 bits per heavy atom. The molecule has 92 valence electrons. The number of hydrogen-bond acceptors (Lipinski definition) is 3. The fourth-order valence-electron chi connectivity index (χ4n) is 2.37. The number of carboxylic acid groups (broad SMARTS) is 1. The molecule has 1 saturated carbocycles. The molecular weight excluding hydrogens is 234 g/mol. The number of rotatable bonds is 4.